The topological polar surface area (TPSA) is 51.1 Å². The minimum atomic E-state index is -4.41. The van der Waals surface area contributed by atoms with Gasteiger partial charge < -0.3 is 14.4 Å². The van der Waals surface area contributed by atoms with E-state index in [0.717, 1.165) is 23.4 Å². The summed E-state index contributed by atoms with van der Waals surface area (Å²) in [5, 5.41) is 0. The van der Waals surface area contributed by atoms with E-state index in [2.05, 4.69) is 19.1 Å². The third-order valence-corrected chi connectivity index (χ3v) is 7.50. The third-order valence-electron chi connectivity index (χ3n) is 7.50. The van der Waals surface area contributed by atoms with Crippen molar-refractivity contribution >= 4 is 11.6 Å². The number of alkyl halides is 3. The monoisotopic (exact) mass is 472 g/mol. The summed E-state index contributed by atoms with van der Waals surface area (Å²) in [5.41, 5.74) is 0.753. The predicted molar refractivity (Wildman–Crippen MR) is 120 cm³/mol. The number of amides is 1. The van der Waals surface area contributed by atoms with Gasteiger partial charge in [-0.15, -0.1) is 0 Å². The highest BCUT2D eigenvalue weighted by atomic mass is 19.4. The standard InChI is InChI=1S/C26H27F3N2O3/c1-16-20(17-6-4-3-5-7-17)14-22-25(15-21(16)24(32)31(25)12-13-33-2)34-23(30-22)18-8-10-19(11-9-18)26(27,28)29/h3-11,16,20-21,23H,12-15H2,1-2H3/t16-,20+,21+,23-,25+/m1/s1. The number of fused-ring (bicyclic) bond motifs is 1. The van der Waals surface area contributed by atoms with E-state index in [0.29, 0.717) is 31.6 Å². The van der Waals surface area contributed by atoms with Gasteiger partial charge in [-0.1, -0.05) is 49.4 Å². The summed E-state index contributed by atoms with van der Waals surface area (Å²) >= 11 is 0. The number of aliphatic imine (C=N–C) groups is 1. The van der Waals surface area contributed by atoms with Crippen LogP contribution in [0.15, 0.2) is 59.6 Å². The average Bonchev–Trinajstić information content (AvgIpc) is 3.28. The fourth-order valence-electron chi connectivity index (χ4n) is 5.65. The maximum absolute atomic E-state index is 13.6. The number of carbonyl (C=O) groups is 1. The van der Waals surface area contributed by atoms with Crippen LogP contribution >= 0.6 is 0 Å². The number of likely N-dealkylation sites (tertiary alicyclic amines) is 1. The lowest BCUT2D eigenvalue weighted by Crippen LogP contribution is -2.53. The van der Waals surface area contributed by atoms with Crippen LogP contribution in [0.5, 0.6) is 0 Å². The summed E-state index contributed by atoms with van der Waals surface area (Å²) in [7, 11) is 1.58. The molecule has 0 unspecified atom stereocenters. The molecule has 1 aliphatic carbocycles. The summed E-state index contributed by atoms with van der Waals surface area (Å²) in [4.78, 5) is 20.2. The molecule has 2 aromatic rings. The Labute approximate surface area is 196 Å². The van der Waals surface area contributed by atoms with Crippen LogP contribution in [0.25, 0.3) is 0 Å². The zero-order chi connectivity index (χ0) is 24.1. The molecule has 0 radical (unpaired) electrons. The van der Waals surface area contributed by atoms with Gasteiger partial charge in [0.1, 0.15) is 0 Å². The number of nitrogens with zero attached hydrogens (tertiary/aromatic N) is 2. The van der Waals surface area contributed by atoms with Crippen molar-refractivity contribution in [2.45, 2.75) is 43.8 Å². The first-order valence-electron chi connectivity index (χ1n) is 11.5. The lowest BCUT2D eigenvalue weighted by Gasteiger charge is -2.37. The van der Waals surface area contributed by atoms with Crippen LogP contribution in [0.4, 0.5) is 13.2 Å². The minimum Gasteiger partial charge on any atom is -0.383 e. The Morgan fingerprint density at radius 2 is 1.79 bits per heavy atom. The Hall–Kier alpha value is -2.71. The van der Waals surface area contributed by atoms with E-state index < -0.39 is 23.7 Å². The van der Waals surface area contributed by atoms with Crippen molar-refractivity contribution in [2.75, 3.05) is 20.3 Å². The normalized spacial score (nSPS) is 30.8. The number of benzene rings is 2. The van der Waals surface area contributed by atoms with Gasteiger partial charge in [-0.3, -0.25) is 9.79 Å². The SMILES string of the molecule is COCCN1C(=O)[C@H]2C[C@@]13O[C@H](c1ccc(C(F)(F)F)cc1)N=C3C[C@H](c1ccccc1)[C@H]2C. The van der Waals surface area contributed by atoms with E-state index >= 15 is 0 Å². The molecule has 1 spiro atoms. The average molecular weight is 473 g/mol. The third kappa shape index (κ3) is 3.73. The molecule has 180 valence electrons. The van der Waals surface area contributed by atoms with E-state index in [9.17, 15) is 18.0 Å². The van der Waals surface area contributed by atoms with Crippen LogP contribution < -0.4 is 0 Å². The molecule has 1 saturated carbocycles. The molecule has 8 heteroatoms. The van der Waals surface area contributed by atoms with Crippen LogP contribution in [0.3, 0.4) is 0 Å². The Bertz CT molecular complexity index is 1090. The number of hydrogen-bond acceptors (Lipinski definition) is 4. The van der Waals surface area contributed by atoms with Gasteiger partial charge >= 0.3 is 6.18 Å². The van der Waals surface area contributed by atoms with E-state index in [1.165, 1.54) is 12.1 Å². The number of ether oxygens (including phenoxy) is 2. The first-order valence-corrected chi connectivity index (χ1v) is 11.5. The summed E-state index contributed by atoms with van der Waals surface area (Å²) < 4.78 is 50.9. The summed E-state index contributed by atoms with van der Waals surface area (Å²) in [5.74, 6) is -0.0388. The molecule has 5 rings (SSSR count). The molecule has 1 amide bonds. The molecular weight excluding hydrogens is 445 g/mol. The van der Waals surface area contributed by atoms with Crippen LogP contribution in [0.1, 0.15) is 48.6 Å². The number of methoxy groups -OCH3 is 1. The number of halogens is 3. The Morgan fingerprint density at radius 1 is 1.09 bits per heavy atom. The molecule has 5 nitrogen and oxygen atoms in total. The van der Waals surface area contributed by atoms with Crippen molar-refractivity contribution in [1.29, 1.82) is 0 Å². The van der Waals surface area contributed by atoms with Crippen molar-refractivity contribution in [2.24, 2.45) is 16.8 Å². The molecule has 0 aromatic heterocycles. The molecule has 2 aromatic carbocycles. The highest BCUT2D eigenvalue weighted by molar-refractivity contribution is 6.01. The first-order chi connectivity index (χ1) is 16.2. The van der Waals surface area contributed by atoms with Gasteiger partial charge in [0.25, 0.3) is 0 Å². The van der Waals surface area contributed by atoms with E-state index in [4.69, 9.17) is 14.5 Å². The fraction of sp³-hybridized carbons (Fsp3) is 0.462. The highest BCUT2D eigenvalue weighted by Crippen LogP contribution is 2.54. The van der Waals surface area contributed by atoms with Gasteiger partial charge in [0.05, 0.1) is 17.9 Å². The highest BCUT2D eigenvalue weighted by Gasteiger charge is 2.62. The lowest BCUT2D eigenvalue weighted by atomic mass is 9.78. The Kier molecular flexibility index (Phi) is 5.76. The van der Waals surface area contributed by atoms with Crippen molar-refractivity contribution in [3.8, 4) is 0 Å². The van der Waals surface area contributed by atoms with Gasteiger partial charge in [0.2, 0.25) is 5.91 Å². The van der Waals surface area contributed by atoms with Gasteiger partial charge in [-0.25, -0.2) is 0 Å². The zero-order valence-corrected chi connectivity index (χ0v) is 19.1. The molecule has 0 N–H and O–H groups in total. The largest absolute Gasteiger partial charge is 0.416 e. The van der Waals surface area contributed by atoms with Gasteiger partial charge in [0, 0.05) is 31.6 Å². The smallest absolute Gasteiger partial charge is 0.383 e. The van der Waals surface area contributed by atoms with Crippen molar-refractivity contribution in [3.05, 3.63) is 71.3 Å². The van der Waals surface area contributed by atoms with E-state index in [1.807, 2.05) is 18.2 Å². The second kappa shape index (κ2) is 8.50. The Balaban J connectivity index is 1.54. The number of hydrogen-bond donors (Lipinski definition) is 0. The van der Waals surface area contributed by atoms with E-state index in [1.54, 1.807) is 12.0 Å². The number of rotatable bonds is 5. The number of carbonyl (C=O) groups excluding carboxylic acids is 1. The second-order valence-corrected chi connectivity index (χ2v) is 9.32. The van der Waals surface area contributed by atoms with Gasteiger partial charge in [-0.05, 0) is 36.0 Å². The first kappa shape index (κ1) is 23.1. The van der Waals surface area contributed by atoms with Crippen LogP contribution in [0, 0.1) is 11.8 Å². The molecule has 2 aliphatic heterocycles. The molecule has 2 heterocycles. The lowest BCUT2D eigenvalue weighted by molar-refractivity contribution is -0.151. The molecule has 2 fully saturated rings. The fourth-order valence-corrected chi connectivity index (χ4v) is 5.65. The van der Waals surface area contributed by atoms with Crippen molar-refractivity contribution in [1.82, 2.24) is 4.90 Å². The summed E-state index contributed by atoms with van der Waals surface area (Å²) in [6, 6.07) is 15.0. The molecule has 2 bridgehead atoms. The summed E-state index contributed by atoms with van der Waals surface area (Å²) in [6.45, 7) is 2.84. The summed E-state index contributed by atoms with van der Waals surface area (Å²) in [6.07, 6.45) is -4.07. The molecular formula is C26H27F3N2O3. The molecule has 1 saturated heterocycles. The van der Waals surface area contributed by atoms with Crippen molar-refractivity contribution in [3.63, 3.8) is 0 Å². The second-order valence-electron chi connectivity index (χ2n) is 9.32. The van der Waals surface area contributed by atoms with E-state index in [-0.39, 0.29) is 23.7 Å². The Morgan fingerprint density at radius 3 is 2.44 bits per heavy atom. The van der Waals surface area contributed by atoms with Crippen LogP contribution in [-0.2, 0) is 20.4 Å². The predicted octanol–water partition coefficient (Wildman–Crippen LogP) is 5.19. The van der Waals surface area contributed by atoms with Crippen LogP contribution in [-0.4, -0.2) is 42.5 Å². The maximum Gasteiger partial charge on any atom is 0.416 e. The minimum absolute atomic E-state index is 0.0194. The van der Waals surface area contributed by atoms with Gasteiger partial charge in [0.15, 0.2) is 12.0 Å². The van der Waals surface area contributed by atoms with Crippen molar-refractivity contribution < 1.29 is 27.4 Å². The zero-order valence-electron chi connectivity index (χ0n) is 19.1. The van der Waals surface area contributed by atoms with Crippen LogP contribution in [0.2, 0.25) is 0 Å². The quantitative estimate of drug-likeness (QED) is 0.602. The molecule has 3 aliphatic rings. The maximum atomic E-state index is 13.6. The molecule has 5 atom stereocenters. The molecule has 34 heavy (non-hydrogen) atoms. The van der Waals surface area contributed by atoms with Gasteiger partial charge in [-0.2, -0.15) is 13.2 Å².